The molecule has 2 heterocycles. The summed E-state index contributed by atoms with van der Waals surface area (Å²) in [5.74, 6) is -0.444. The van der Waals surface area contributed by atoms with Gasteiger partial charge in [-0.15, -0.1) is 0 Å². The monoisotopic (exact) mass is 389 g/mol. The number of likely N-dealkylation sites (N-methyl/N-ethyl adjacent to an activating group) is 1. The van der Waals surface area contributed by atoms with Gasteiger partial charge in [0.25, 0.3) is 5.91 Å². The molecule has 3 rings (SSSR count). The summed E-state index contributed by atoms with van der Waals surface area (Å²) in [6.45, 7) is 9.13. The van der Waals surface area contributed by atoms with E-state index in [4.69, 9.17) is 0 Å². The predicted octanol–water partition coefficient (Wildman–Crippen LogP) is 3.47. The third-order valence-electron chi connectivity index (χ3n) is 4.67. The highest BCUT2D eigenvalue weighted by Crippen LogP contribution is 2.30. The third kappa shape index (κ3) is 4.01. The van der Waals surface area contributed by atoms with Crippen molar-refractivity contribution in [2.24, 2.45) is 7.05 Å². The molecule has 0 atom stereocenters. The number of fused-ring (bicyclic) bond motifs is 1. The van der Waals surface area contributed by atoms with Crippen molar-refractivity contribution in [2.45, 2.75) is 20.8 Å². The minimum Gasteiger partial charge on any atom is -0.302 e. The van der Waals surface area contributed by atoms with Gasteiger partial charge in [-0.25, -0.2) is 9.37 Å². The van der Waals surface area contributed by atoms with Crippen LogP contribution in [0.3, 0.4) is 0 Å². The van der Waals surface area contributed by atoms with E-state index >= 15 is 0 Å². The van der Waals surface area contributed by atoms with Crippen LogP contribution in [0.15, 0.2) is 24.4 Å². The van der Waals surface area contributed by atoms with Crippen LogP contribution >= 0.6 is 11.3 Å². The number of carbonyl (C=O) groups is 1. The molecule has 144 valence electrons. The smallest absolute Gasteiger partial charge is 0.278 e. The summed E-state index contributed by atoms with van der Waals surface area (Å²) in [6.07, 6.45) is 1.68. The molecule has 8 heteroatoms. The number of carbonyl (C=O) groups excluding carboxylic acids is 1. The van der Waals surface area contributed by atoms with Crippen LogP contribution in [0.5, 0.6) is 0 Å². The molecule has 0 N–H and O–H groups in total. The van der Waals surface area contributed by atoms with Crippen LogP contribution in [0, 0.1) is 12.7 Å². The van der Waals surface area contributed by atoms with Crippen molar-refractivity contribution in [1.82, 2.24) is 19.7 Å². The molecule has 0 fully saturated rings. The summed E-state index contributed by atoms with van der Waals surface area (Å²) in [5.41, 5.74) is 2.06. The first-order valence-electron chi connectivity index (χ1n) is 9.03. The second-order valence-corrected chi connectivity index (χ2v) is 7.40. The second-order valence-electron chi connectivity index (χ2n) is 6.39. The molecule has 1 amide bonds. The lowest BCUT2D eigenvalue weighted by Gasteiger charge is -2.25. The van der Waals surface area contributed by atoms with Crippen molar-refractivity contribution in [1.29, 1.82) is 0 Å². The highest BCUT2D eigenvalue weighted by molar-refractivity contribution is 7.22. The minimum atomic E-state index is -0.304. The van der Waals surface area contributed by atoms with Crippen LogP contribution in [0.25, 0.3) is 10.2 Å². The molecule has 0 aliphatic heterocycles. The van der Waals surface area contributed by atoms with Crippen molar-refractivity contribution in [3.63, 3.8) is 0 Å². The van der Waals surface area contributed by atoms with Gasteiger partial charge in [0.2, 0.25) is 0 Å². The van der Waals surface area contributed by atoms with Gasteiger partial charge in [0.15, 0.2) is 5.13 Å². The fraction of sp³-hybridized carbons (Fsp3) is 0.421. The lowest BCUT2D eigenvalue weighted by Crippen LogP contribution is -2.39. The van der Waals surface area contributed by atoms with E-state index in [0.29, 0.717) is 22.9 Å². The number of hydrogen-bond acceptors (Lipinski definition) is 5. The number of aromatic nitrogens is 3. The standard InChI is InChI=1S/C19H24FN5OS/c1-5-24(6-2)9-10-25(18(26)17-13(3)12-21-23(17)4)19-22-15-8-7-14(20)11-16(15)27-19/h7-8,11-12H,5-6,9-10H2,1-4H3. The van der Waals surface area contributed by atoms with Gasteiger partial charge in [-0.05, 0) is 43.8 Å². The average Bonchev–Trinajstić information content (AvgIpc) is 3.20. The number of nitrogens with zero attached hydrogens (tertiary/aromatic N) is 5. The van der Waals surface area contributed by atoms with Crippen LogP contribution in [0.1, 0.15) is 29.9 Å². The summed E-state index contributed by atoms with van der Waals surface area (Å²) < 4.78 is 15.9. The predicted molar refractivity (Wildman–Crippen MR) is 107 cm³/mol. The zero-order valence-corrected chi connectivity index (χ0v) is 16.9. The molecule has 27 heavy (non-hydrogen) atoms. The number of amides is 1. The summed E-state index contributed by atoms with van der Waals surface area (Å²) in [4.78, 5) is 21.8. The van der Waals surface area contributed by atoms with Gasteiger partial charge in [0.05, 0.1) is 16.4 Å². The number of hydrogen-bond donors (Lipinski definition) is 0. The van der Waals surface area contributed by atoms with Gasteiger partial charge >= 0.3 is 0 Å². The van der Waals surface area contributed by atoms with Crippen molar-refractivity contribution in [3.8, 4) is 0 Å². The Kier molecular flexibility index (Phi) is 5.86. The molecule has 6 nitrogen and oxygen atoms in total. The molecule has 2 aromatic heterocycles. The number of anilines is 1. The van der Waals surface area contributed by atoms with Crippen molar-refractivity contribution >= 4 is 32.6 Å². The molecule has 0 aliphatic carbocycles. The quantitative estimate of drug-likeness (QED) is 0.621. The summed E-state index contributed by atoms with van der Waals surface area (Å²) >= 11 is 1.33. The number of benzene rings is 1. The number of rotatable bonds is 7. The first kappa shape index (κ1) is 19.4. The average molecular weight is 390 g/mol. The Labute approximate surface area is 162 Å². The van der Waals surface area contributed by atoms with E-state index in [9.17, 15) is 9.18 Å². The molecule has 0 spiro atoms. The molecule has 0 saturated carbocycles. The molecule has 0 radical (unpaired) electrons. The van der Waals surface area contributed by atoms with Crippen LogP contribution in [0.2, 0.25) is 0 Å². The zero-order chi connectivity index (χ0) is 19.6. The van der Waals surface area contributed by atoms with Crippen LogP contribution < -0.4 is 4.90 Å². The Morgan fingerprint density at radius 1 is 1.26 bits per heavy atom. The Hall–Kier alpha value is -2.32. The van der Waals surface area contributed by atoms with E-state index in [1.54, 1.807) is 28.9 Å². The summed E-state index contributed by atoms with van der Waals surface area (Å²) in [7, 11) is 1.76. The largest absolute Gasteiger partial charge is 0.302 e. The van der Waals surface area contributed by atoms with Gasteiger partial charge in [-0.3, -0.25) is 14.4 Å². The lowest BCUT2D eigenvalue weighted by atomic mass is 10.2. The van der Waals surface area contributed by atoms with Crippen molar-refractivity contribution < 1.29 is 9.18 Å². The minimum absolute atomic E-state index is 0.140. The van der Waals surface area contributed by atoms with Crippen molar-refractivity contribution in [2.75, 3.05) is 31.1 Å². The second kappa shape index (κ2) is 8.14. The maximum Gasteiger partial charge on any atom is 0.278 e. The SMILES string of the molecule is CCN(CC)CCN(C(=O)c1c(C)cnn1C)c1nc2ccc(F)cc2s1. The number of thiazole rings is 1. The Morgan fingerprint density at radius 3 is 2.63 bits per heavy atom. The Bertz CT molecular complexity index is 927. The summed E-state index contributed by atoms with van der Waals surface area (Å²) in [6, 6.07) is 4.49. The Balaban J connectivity index is 1.99. The highest BCUT2D eigenvalue weighted by atomic mass is 32.1. The van der Waals surface area contributed by atoms with Crippen LogP contribution in [0.4, 0.5) is 9.52 Å². The Morgan fingerprint density at radius 2 is 2.00 bits per heavy atom. The van der Waals surface area contributed by atoms with E-state index in [1.165, 1.54) is 23.5 Å². The van der Waals surface area contributed by atoms with Crippen molar-refractivity contribution in [3.05, 3.63) is 41.5 Å². The molecule has 0 saturated heterocycles. The van der Waals surface area contributed by atoms with Gasteiger partial charge in [0.1, 0.15) is 11.5 Å². The van der Waals surface area contributed by atoms with Gasteiger partial charge in [-0.2, -0.15) is 5.10 Å². The van der Waals surface area contributed by atoms with E-state index in [-0.39, 0.29) is 11.7 Å². The van der Waals surface area contributed by atoms with E-state index in [0.717, 1.165) is 29.9 Å². The van der Waals surface area contributed by atoms with Gasteiger partial charge in [-0.1, -0.05) is 25.2 Å². The molecule has 0 unspecified atom stereocenters. The zero-order valence-electron chi connectivity index (χ0n) is 16.1. The molecular weight excluding hydrogens is 365 g/mol. The summed E-state index contributed by atoms with van der Waals surface area (Å²) in [5, 5.41) is 4.76. The van der Waals surface area contributed by atoms with Crippen LogP contribution in [-0.2, 0) is 7.05 Å². The molecule has 0 aliphatic rings. The first-order chi connectivity index (χ1) is 12.9. The normalized spacial score (nSPS) is 11.5. The van der Waals surface area contributed by atoms with E-state index < -0.39 is 0 Å². The van der Waals surface area contributed by atoms with Crippen LogP contribution in [-0.4, -0.2) is 51.8 Å². The lowest BCUT2D eigenvalue weighted by molar-refractivity contribution is 0.0974. The topological polar surface area (TPSA) is 54.3 Å². The number of halogens is 1. The maximum absolute atomic E-state index is 13.6. The van der Waals surface area contributed by atoms with E-state index in [2.05, 4.69) is 28.8 Å². The highest BCUT2D eigenvalue weighted by Gasteiger charge is 2.25. The van der Waals surface area contributed by atoms with Gasteiger partial charge < -0.3 is 4.90 Å². The molecule has 1 aromatic carbocycles. The maximum atomic E-state index is 13.6. The molecular formula is C19H24FN5OS. The molecule has 0 bridgehead atoms. The third-order valence-corrected chi connectivity index (χ3v) is 5.71. The van der Waals surface area contributed by atoms with Gasteiger partial charge in [0, 0.05) is 20.1 Å². The van der Waals surface area contributed by atoms with E-state index in [1.807, 2.05) is 6.92 Å². The first-order valence-corrected chi connectivity index (χ1v) is 9.85. The number of aryl methyl sites for hydroxylation is 2. The fourth-order valence-corrected chi connectivity index (χ4v) is 4.06. The fourth-order valence-electron chi connectivity index (χ4n) is 3.05. The molecule has 3 aromatic rings.